The van der Waals surface area contributed by atoms with Gasteiger partial charge in [-0.15, -0.1) is 0 Å². The van der Waals surface area contributed by atoms with Gasteiger partial charge in [0.25, 0.3) is 5.91 Å². The molecule has 0 aliphatic rings. The predicted octanol–water partition coefficient (Wildman–Crippen LogP) is 3.59. The fourth-order valence-electron chi connectivity index (χ4n) is 2.30. The average Bonchev–Trinajstić information content (AvgIpc) is 2.51. The highest BCUT2D eigenvalue weighted by Crippen LogP contribution is 2.22. The molecule has 0 aliphatic carbocycles. The molecular weight excluding hydrogens is 262 g/mol. The van der Waals surface area contributed by atoms with Gasteiger partial charge < -0.3 is 10.6 Å². The number of pyridine rings is 1. The van der Waals surface area contributed by atoms with Gasteiger partial charge in [-0.05, 0) is 25.5 Å². The number of anilines is 1. The van der Waals surface area contributed by atoms with E-state index in [0.29, 0.717) is 12.2 Å². The first-order valence-electron chi connectivity index (χ1n) is 7.68. The molecule has 2 N–H and O–H groups in total. The lowest BCUT2D eigenvalue weighted by Gasteiger charge is -2.10. The monoisotopic (exact) mass is 285 g/mol. The summed E-state index contributed by atoms with van der Waals surface area (Å²) in [5.74, 6) is -0.101. The van der Waals surface area contributed by atoms with Crippen molar-refractivity contribution in [2.45, 2.75) is 33.1 Å². The second kappa shape index (κ2) is 7.62. The summed E-state index contributed by atoms with van der Waals surface area (Å²) < 4.78 is 0. The zero-order valence-corrected chi connectivity index (χ0v) is 12.8. The molecule has 0 unspecified atom stereocenters. The van der Waals surface area contributed by atoms with Gasteiger partial charge in [0.1, 0.15) is 5.69 Å². The summed E-state index contributed by atoms with van der Waals surface area (Å²) in [5.41, 5.74) is 2.28. The molecule has 1 amide bonds. The van der Waals surface area contributed by atoms with Crippen LogP contribution < -0.4 is 10.6 Å². The number of para-hydroxylation sites is 1. The molecule has 0 bridgehead atoms. The molecular formula is C17H23N3O. The van der Waals surface area contributed by atoms with Crippen molar-refractivity contribution in [2.24, 2.45) is 0 Å². The number of benzene rings is 1. The molecule has 0 saturated carbocycles. The maximum absolute atomic E-state index is 12.2. The van der Waals surface area contributed by atoms with Crippen LogP contribution in [0.3, 0.4) is 0 Å². The van der Waals surface area contributed by atoms with Crippen LogP contribution in [0.4, 0.5) is 5.69 Å². The Morgan fingerprint density at radius 2 is 2.00 bits per heavy atom. The lowest BCUT2D eigenvalue weighted by molar-refractivity contribution is 0.0948. The molecule has 0 spiro atoms. The molecule has 4 heteroatoms. The number of rotatable bonds is 7. The Labute approximate surface area is 126 Å². The summed E-state index contributed by atoms with van der Waals surface area (Å²) in [6, 6.07) is 9.71. The summed E-state index contributed by atoms with van der Waals surface area (Å²) in [5, 5.41) is 7.28. The Kier molecular flexibility index (Phi) is 5.55. The maximum atomic E-state index is 12.2. The van der Waals surface area contributed by atoms with Gasteiger partial charge in [-0.3, -0.25) is 4.79 Å². The third kappa shape index (κ3) is 3.94. The Morgan fingerprint density at radius 3 is 2.76 bits per heavy atom. The smallest absolute Gasteiger partial charge is 0.269 e. The van der Waals surface area contributed by atoms with Gasteiger partial charge in [0.2, 0.25) is 0 Å². The van der Waals surface area contributed by atoms with Gasteiger partial charge in [0.05, 0.1) is 5.52 Å². The third-order valence-electron chi connectivity index (χ3n) is 3.38. The molecule has 1 aromatic carbocycles. The van der Waals surface area contributed by atoms with Gasteiger partial charge in [-0.1, -0.05) is 38.0 Å². The lowest BCUT2D eigenvalue weighted by Crippen LogP contribution is -2.25. The molecule has 112 valence electrons. The highest BCUT2D eigenvalue weighted by Gasteiger charge is 2.11. The molecule has 1 heterocycles. The van der Waals surface area contributed by atoms with E-state index in [1.807, 2.05) is 37.3 Å². The predicted molar refractivity (Wildman–Crippen MR) is 87.8 cm³/mol. The second-order valence-electron chi connectivity index (χ2n) is 5.07. The van der Waals surface area contributed by atoms with Crippen LogP contribution in [0.1, 0.15) is 43.6 Å². The highest BCUT2D eigenvalue weighted by atomic mass is 16.1. The molecule has 0 radical (unpaired) electrons. The van der Waals surface area contributed by atoms with E-state index in [2.05, 4.69) is 22.5 Å². The SMILES string of the molecule is CCCCCNC(=O)c1cc(NCC)c2ccccc2n1. The number of fused-ring (bicyclic) bond motifs is 1. The van der Waals surface area contributed by atoms with Crippen molar-refractivity contribution in [2.75, 3.05) is 18.4 Å². The van der Waals surface area contributed by atoms with E-state index in [1.165, 1.54) is 0 Å². The zero-order chi connectivity index (χ0) is 15.1. The molecule has 2 aromatic rings. The third-order valence-corrected chi connectivity index (χ3v) is 3.38. The number of unbranched alkanes of at least 4 members (excludes halogenated alkanes) is 2. The van der Waals surface area contributed by atoms with Crippen molar-refractivity contribution in [3.63, 3.8) is 0 Å². The lowest BCUT2D eigenvalue weighted by atomic mass is 10.1. The minimum atomic E-state index is -0.101. The van der Waals surface area contributed by atoms with Crippen molar-refractivity contribution in [1.29, 1.82) is 0 Å². The minimum absolute atomic E-state index is 0.101. The minimum Gasteiger partial charge on any atom is -0.385 e. The van der Waals surface area contributed by atoms with Crippen molar-refractivity contribution < 1.29 is 4.79 Å². The van der Waals surface area contributed by atoms with Crippen LogP contribution >= 0.6 is 0 Å². The summed E-state index contributed by atoms with van der Waals surface area (Å²) >= 11 is 0. The number of hydrogen-bond acceptors (Lipinski definition) is 3. The summed E-state index contributed by atoms with van der Waals surface area (Å²) in [4.78, 5) is 16.7. The summed E-state index contributed by atoms with van der Waals surface area (Å²) in [6.45, 7) is 5.71. The largest absolute Gasteiger partial charge is 0.385 e. The number of aromatic nitrogens is 1. The Bertz CT molecular complexity index is 610. The fraction of sp³-hybridized carbons (Fsp3) is 0.412. The maximum Gasteiger partial charge on any atom is 0.269 e. The number of hydrogen-bond donors (Lipinski definition) is 2. The quantitative estimate of drug-likeness (QED) is 0.764. The Hall–Kier alpha value is -2.10. The van der Waals surface area contributed by atoms with Gasteiger partial charge in [0.15, 0.2) is 0 Å². The van der Waals surface area contributed by atoms with Gasteiger partial charge in [0, 0.05) is 24.2 Å². The average molecular weight is 285 g/mol. The molecule has 0 saturated heterocycles. The molecule has 0 atom stereocenters. The second-order valence-corrected chi connectivity index (χ2v) is 5.07. The first kappa shape index (κ1) is 15.3. The van der Waals surface area contributed by atoms with Crippen LogP contribution in [0.2, 0.25) is 0 Å². The van der Waals surface area contributed by atoms with Gasteiger partial charge in [-0.2, -0.15) is 0 Å². The molecule has 21 heavy (non-hydrogen) atoms. The van der Waals surface area contributed by atoms with E-state index in [-0.39, 0.29) is 5.91 Å². The van der Waals surface area contributed by atoms with E-state index in [9.17, 15) is 4.79 Å². The van der Waals surface area contributed by atoms with Crippen molar-refractivity contribution >= 4 is 22.5 Å². The van der Waals surface area contributed by atoms with Crippen LogP contribution in [0.25, 0.3) is 10.9 Å². The van der Waals surface area contributed by atoms with Crippen LogP contribution in [0.15, 0.2) is 30.3 Å². The van der Waals surface area contributed by atoms with Crippen LogP contribution in [0.5, 0.6) is 0 Å². The van der Waals surface area contributed by atoms with E-state index in [0.717, 1.165) is 42.4 Å². The molecule has 1 aromatic heterocycles. The van der Waals surface area contributed by atoms with Gasteiger partial charge in [-0.25, -0.2) is 4.98 Å². The molecule has 0 fully saturated rings. The summed E-state index contributed by atoms with van der Waals surface area (Å²) in [7, 11) is 0. The van der Waals surface area contributed by atoms with Crippen LogP contribution in [-0.2, 0) is 0 Å². The molecule has 4 nitrogen and oxygen atoms in total. The van der Waals surface area contributed by atoms with Crippen LogP contribution in [-0.4, -0.2) is 24.0 Å². The normalized spacial score (nSPS) is 10.6. The van der Waals surface area contributed by atoms with E-state index in [1.54, 1.807) is 0 Å². The fourth-order valence-corrected chi connectivity index (χ4v) is 2.30. The first-order chi connectivity index (χ1) is 10.3. The van der Waals surface area contributed by atoms with Crippen LogP contribution in [0, 0.1) is 0 Å². The van der Waals surface area contributed by atoms with E-state index in [4.69, 9.17) is 0 Å². The first-order valence-corrected chi connectivity index (χ1v) is 7.68. The molecule has 2 rings (SSSR count). The standard InChI is InChI=1S/C17H23N3O/c1-3-5-8-11-19-17(21)16-12-15(18-4-2)13-9-6-7-10-14(13)20-16/h6-7,9-10,12H,3-5,8,11H2,1-2H3,(H,18,20)(H,19,21). The topological polar surface area (TPSA) is 54.0 Å². The van der Waals surface area contributed by atoms with Crippen molar-refractivity contribution in [1.82, 2.24) is 10.3 Å². The number of carbonyl (C=O) groups excluding carboxylic acids is 1. The van der Waals surface area contributed by atoms with Crippen molar-refractivity contribution in [3.8, 4) is 0 Å². The number of nitrogens with one attached hydrogen (secondary N) is 2. The van der Waals surface area contributed by atoms with Crippen molar-refractivity contribution in [3.05, 3.63) is 36.0 Å². The van der Waals surface area contributed by atoms with E-state index >= 15 is 0 Å². The zero-order valence-electron chi connectivity index (χ0n) is 12.8. The Morgan fingerprint density at radius 1 is 1.19 bits per heavy atom. The van der Waals surface area contributed by atoms with E-state index < -0.39 is 0 Å². The number of amides is 1. The Balaban J connectivity index is 2.21. The highest BCUT2D eigenvalue weighted by molar-refractivity contribution is 5.99. The molecule has 0 aliphatic heterocycles. The number of carbonyl (C=O) groups is 1. The number of nitrogens with zero attached hydrogens (tertiary/aromatic N) is 1. The van der Waals surface area contributed by atoms with Gasteiger partial charge >= 0.3 is 0 Å². The summed E-state index contributed by atoms with van der Waals surface area (Å²) in [6.07, 6.45) is 3.29.